The SMILES string of the molecule is CCCCN(CCN)C(=O)c1ccc(OC)c(F)c1. The Labute approximate surface area is 113 Å². The van der Waals surface area contributed by atoms with E-state index in [-0.39, 0.29) is 11.7 Å². The number of methoxy groups -OCH3 is 1. The molecule has 0 fully saturated rings. The molecule has 19 heavy (non-hydrogen) atoms. The van der Waals surface area contributed by atoms with Gasteiger partial charge in [0.1, 0.15) is 0 Å². The van der Waals surface area contributed by atoms with Crippen molar-refractivity contribution < 1.29 is 13.9 Å². The number of nitrogens with zero attached hydrogens (tertiary/aromatic N) is 1. The van der Waals surface area contributed by atoms with Crippen LogP contribution in [-0.4, -0.2) is 37.6 Å². The molecule has 1 aromatic rings. The van der Waals surface area contributed by atoms with Crippen LogP contribution in [0.1, 0.15) is 30.1 Å². The van der Waals surface area contributed by atoms with Crippen molar-refractivity contribution in [2.45, 2.75) is 19.8 Å². The van der Waals surface area contributed by atoms with Gasteiger partial charge in [-0.15, -0.1) is 0 Å². The predicted molar refractivity (Wildman–Crippen MR) is 72.8 cm³/mol. The molecule has 0 atom stereocenters. The maximum Gasteiger partial charge on any atom is 0.254 e. The molecular formula is C14H21FN2O2. The quantitative estimate of drug-likeness (QED) is 0.823. The van der Waals surface area contributed by atoms with E-state index < -0.39 is 5.82 Å². The van der Waals surface area contributed by atoms with Crippen LogP contribution in [0.15, 0.2) is 18.2 Å². The third kappa shape index (κ3) is 4.21. The molecule has 0 heterocycles. The van der Waals surface area contributed by atoms with Crippen LogP contribution in [-0.2, 0) is 0 Å². The van der Waals surface area contributed by atoms with E-state index in [1.165, 1.54) is 19.2 Å². The number of halogens is 1. The molecule has 4 nitrogen and oxygen atoms in total. The summed E-state index contributed by atoms with van der Waals surface area (Å²) in [7, 11) is 1.39. The fraction of sp³-hybridized carbons (Fsp3) is 0.500. The topological polar surface area (TPSA) is 55.6 Å². The standard InChI is InChI=1S/C14H21FN2O2/c1-3-4-8-17(9-7-16)14(18)11-5-6-13(19-2)12(15)10-11/h5-6,10H,3-4,7-9,16H2,1-2H3. The van der Waals surface area contributed by atoms with Crippen LogP contribution in [0.25, 0.3) is 0 Å². The van der Waals surface area contributed by atoms with E-state index in [2.05, 4.69) is 6.92 Å². The highest BCUT2D eigenvalue weighted by atomic mass is 19.1. The Kier molecular flexibility index (Phi) is 6.29. The summed E-state index contributed by atoms with van der Waals surface area (Å²) in [4.78, 5) is 13.9. The monoisotopic (exact) mass is 268 g/mol. The molecule has 0 saturated carbocycles. The first-order valence-electron chi connectivity index (χ1n) is 6.46. The lowest BCUT2D eigenvalue weighted by Crippen LogP contribution is -2.36. The summed E-state index contributed by atoms with van der Waals surface area (Å²) in [5.41, 5.74) is 5.83. The van der Waals surface area contributed by atoms with Crippen LogP contribution in [0.4, 0.5) is 4.39 Å². The fourth-order valence-electron chi connectivity index (χ4n) is 1.80. The number of carbonyl (C=O) groups excluding carboxylic acids is 1. The zero-order valence-electron chi connectivity index (χ0n) is 11.5. The lowest BCUT2D eigenvalue weighted by atomic mass is 10.1. The number of ether oxygens (including phenoxy) is 1. The lowest BCUT2D eigenvalue weighted by molar-refractivity contribution is 0.0757. The summed E-state index contributed by atoms with van der Waals surface area (Å²) in [5, 5.41) is 0. The van der Waals surface area contributed by atoms with Crippen molar-refractivity contribution in [2.75, 3.05) is 26.7 Å². The van der Waals surface area contributed by atoms with Gasteiger partial charge >= 0.3 is 0 Å². The summed E-state index contributed by atoms with van der Waals surface area (Å²) in [5.74, 6) is -0.590. The Morgan fingerprint density at radius 3 is 2.68 bits per heavy atom. The summed E-state index contributed by atoms with van der Waals surface area (Å²) >= 11 is 0. The van der Waals surface area contributed by atoms with Gasteiger partial charge in [-0.2, -0.15) is 0 Å². The first-order valence-corrected chi connectivity index (χ1v) is 6.46. The molecule has 1 rings (SSSR count). The van der Waals surface area contributed by atoms with Crippen LogP contribution >= 0.6 is 0 Å². The maximum absolute atomic E-state index is 13.6. The average molecular weight is 268 g/mol. The molecule has 1 amide bonds. The van der Waals surface area contributed by atoms with Crippen LogP contribution < -0.4 is 10.5 Å². The Bertz CT molecular complexity index is 424. The van der Waals surface area contributed by atoms with E-state index in [0.717, 1.165) is 12.8 Å². The summed E-state index contributed by atoms with van der Waals surface area (Å²) < 4.78 is 18.4. The Morgan fingerprint density at radius 1 is 1.42 bits per heavy atom. The summed E-state index contributed by atoms with van der Waals surface area (Å²) in [6.45, 7) is 3.57. The van der Waals surface area contributed by atoms with Gasteiger partial charge in [0.15, 0.2) is 11.6 Å². The van der Waals surface area contributed by atoms with Gasteiger partial charge in [-0.25, -0.2) is 4.39 Å². The largest absolute Gasteiger partial charge is 0.494 e. The Balaban J connectivity index is 2.86. The number of hydrogen-bond acceptors (Lipinski definition) is 3. The number of benzene rings is 1. The average Bonchev–Trinajstić information content (AvgIpc) is 2.42. The van der Waals surface area contributed by atoms with E-state index in [1.54, 1.807) is 11.0 Å². The molecule has 2 N–H and O–H groups in total. The number of rotatable bonds is 7. The van der Waals surface area contributed by atoms with Crippen LogP contribution in [0.3, 0.4) is 0 Å². The second-order valence-electron chi connectivity index (χ2n) is 4.28. The minimum atomic E-state index is -0.531. The predicted octanol–water partition coefficient (Wildman–Crippen LogP) is 2.04. The molecule has 0 aliphatic rings. The van der Waals surface area contributed by atoms with Gasteiger partial charge in [0.05, 0.1) is 7.11 Å². The first kappa shape index (κ1) is 15.4. The van der Waals surface area contributed by atoms with Gasteiger partial charge in [-0.05, 0) is 24.6 Å². The molecule has 1 aromatic carbocycles. The number of carbonyl (C=O) groups is 1. The third-order valence-electron chi connectivity index (χ3n) is 2.87. The van der Waals surface area contributed by atoms with Crippen molar-refractivity contribution in [3.63, 3.8) is 0 Å². The molecule has 0 aliphatic carbocycles. The molecule has 0 aromatic heterocycles. The Hall–Kier alpha value is -1.62. The van der Waals surface area contributed by atoms with E-state index in [1.807, 2.05) is 0 Å². The zero-order valence-corrected chi connectivity index (χ0v) is 11.5. The lowest BCUT2D eigenvalue weighted by Gasteiger charge is -2.22. The minimum absolute atomic E-state index is 0.135. The van der Waals surface area contributed by atoms with E-state index >= 15 is 0 Å². The van der Waals surface area contributed by atoms with Gasteiger partial charge in [-0.1, -0.05) is 13.3 Å². The van der Waals surface area contributed by atoms with Gasteiger partial charge in [0.25, 0.3) is 5.91 Å². The van der Waals surface area contributed by atoms with E-state index in [0.29, 0.717) is 25.2 Å². The molecule has 106 valence electrons. The smallest absolute Gasteiger partial charge is 0.254 e. The molecule has 5 heteroatoms. The second-order valence-corrected chi connectivity index (χ2v) is 4.28. The number of hydrogen-bond donors (Lipinski definition) is 1. The molecule has 0 spiro atoms. The molecule has 0 radical (unpaired) electrons. The fourth-order valence-corrected chi connectivity index (χ4v) is 1.80. The number of amides is 1. The third-order valence-corrected chi connectivity index (χ3v) is 2.87. The van der Waals surface area contributed by atoms with Crippen molar-refractivity contribution in [2.24, 2.45) is 5.73 Å². The molecule has 0 saturated heterocycles. The van der Waals surface area contributed by atoms with Crippen molar-refractivity contribution in [1.82, 2.24) is 4.90 Å². The Morgan fingerprint density at radius 2 is 2.16 bits per heavy atom. The first-order chi connectivity index (χ1) is 9.13. The molecule has 0 unspecified atom stereocenters. The van der Waals surface area contributed by atoms with E-state index in [9.17, 15) is 9.18 Å². The normalized spacial score (nSPS) is 10.3. The summed E-state index contributed by atoms with van der Waals surface area (Å²) in [6, 6.07) is 4.24. The van der Waals surface area contributed by atoms with Gasteiger partial charge in [0, 0.05) is 25.2 Å². The van der Waals surface area contributed by atoms with Crippen LogP contribution in [0.5, 0.6) is 5.75 Å². The molecule has 0 aliphatic heterocycles. The van der Waals surface area contributed by atoms with Gasteiger partial charge in [0.2, 0.25) is 0 Å². The highest BCUT2D eigenvalue weighted by Gasteiger charge is 2.16. The summed E-state index contributed by atoms with van der Waals surface area (Å²) in [6.07, 6.45) is 1.90. The molecule has 0 bridgehead atoms. The highest BCUT2D eigenvalue weighted by Crippen LogP contribution is 2.18. The van der Waals surface area contributed by atoms with Gasteiger partial charge < -0.3 is 15.4 Å². The van der Waals surface area contributed by atoms with Crippen LogP contribution in [0.2, 0.25) is 0 Å². The maximum atomic E-state index is 13.6. The van der Waals surface area contributed by atoms with E-state index in [4.69, 9.17) is 10.5 Å². The van der Waals surface area contributed by atoms with Crippen molar-refractivity contribution in [3.05, 3.63) is 29.6 Å². The zero-order chi connectivity index (χ0) is 14.3. The highest BCUT2D eigenvalue weighted by molar-refractivity contribution is 5.94. The molecular weight excluding hydrogens is 247 g/mol. The van der Waals surface area contributed by atoms with Crippen LogP contribution in [0, 0.1) is 5.82 Å². The number of nitrogens with two attached hydrogens (primary N) is 1. The van der Waals surface area contributed by atoms with Crippen molar-refractivity contribution in [3.8, 4) is 5.75 Å². The number of unbranched alkanes of at least 4 members (excludes halogenated alkanes) is 1. The van der Waals surface area contributed by atoms with Crippen molar-refractivity contribution >= 4 is 5.91 Å². The second kappa shape index (κ2) is 7.74. The minimum Gasteiger partial charge on any atom is -0.494 e. The van der Waals surface area contributed by atoms with Crippen molar-refractivity contribution in [1.29, 1.82) is 0 Å². The van der Waals surface area contributed by atoms with Gasteiger partial charge in [-0.3, -0.25) is 4.79 Å².